The number of hydrogen-bond acceptors (Lipinski definition) is 4. The highest BCUT2D eigenvalue weighted by Gasteiger charge is 2.60. The van der Waals surface area contributed by atoms with Crippen molar-refractivity contribution in [3.05, 3.63) is 54.1 Å². The maximum absolute atomic E-state index is 13.7. The first-order valence-corrected chi connectivity index (χ1v) is 10.2. The van der Waals surface area contributed by atoms with E-state index in [1.807, 2.05) is 6.92 Å². The number of hydrogen-bond donors (Lipinski definition) is 1. The molecule has 1 saturated heterocycles. The van der Waals surface area contributed by atoms with Crippen molar-refractivity contribution in [1.82, 2.24) is 4.90 Å². The maximum Gasteiger partial charge on any atom is 0.271 e. The molecule has 3 amide bonds. The van der Waals surface area contributed by atoms with Gasteiger partial charge in [-0.05, 0) is 42.8 Å². The largest absolute Gasteiger partial charge is 0.497 e. The van der Waals surface area contributed by atoms with Gasteiger partial charge in [0.2, 0.25) is 11.6 Å². The number of ether oxygens (including phenoxy) is 1. The van der Waals surface area contributed by atoms with Crippen molar-refractivity contribution in [3.63, 3.8) is 0 Å². The number of unbranched alkanes of at least 4 members (excludes halogenated alkanes) is 1. The van der Waals surface area contributed by atoms with E-state index in [1.54, 1.807) is 60.5 Å². The summed E-state index contributed by atoms with van der Waals surface area (Å²) in [6, 6.07) is 14.0. The summed E-state index contributed by atoms with van der Waals surface area (Å²) in [6.07, 6.45) is 2.08. The van der Waals surface area contributed by atoms with Gasteiger partial charge in [0.05, 0.1) is 18.4 Å². The van der Waals surface area contributed by atoms with Gasteiger partial charge in [-0.2, -0.15) is 0 Å². The number of benzene rings is 2. The molecule has 0 saturated carbocycles. The van der Waals surface area contributed by atoms with Crippen molar-refractivity contribution in [3.8, 4) is 5.75 Å². The van der Waals surface area contributed by atoms with E-state index in [4.69, 9.17) is 4.74 Å². The number of nitrogens with zero attached hydrogens (tertiary/aromatic N) is 2. The molecule has 2 aliphatic rings. The van der Waals surface area contributed by atoms with Crippen molar-refractivity contribution in [1.29, 1.82) is 0 Å². The van der Waals surface area contributed by atoms with Crippen molar-refractivity contribution in [2.24, 2.45) is 0 Å². The molecule has 0 bridgehead atoms. The van der Waals surface area contributed by atoms with Crippen molar-refractivity contribution in [2.75, 3.05) is 23.9 Å². The quantitative estimate of drug-likeness (QED) is 0.796. The Morgan fingerprint density at radius 3 is 2.57 bits per heavy atom. The zero-order valence-electron chi connectivity index (χ0n) is 17.2. The van der Waals surface area contributed by atoms with E-state index < -0.39 is 5.66 Å². The Morgan fingerprint density at radius 1 is 1.13 bits per heavy atom. The second-order valence-corrected chi connectivity index (χ2v) is 7.56. The second-order valence-electron chi connectivity index (χ2n) is 7.56. The van der Waals surface area contributed by atoms with Crippen LogP contribution >= 0.6 is 0 Å². The molecule has 2 aromatic rings. The average Bonchev–Trinajstić information content (AvgIpc) is 3.12. The Kier molecular flexibility index (Phi) is 5.20. The summed E-state index contributed by atoms with van der Waals surface area (Å²) >= 11 is 0. The van der Waals surface area contributed by atoms with Crippen LogP contribution < -0.4 is 15.0 Å². The van der Waals surface area contributed by atoms with Crippen molar-refractivity contribution >= 4 is 29.1 Å². The summed E-state index contributed by atoms with van der Waals surface area (Å²) in [6.45, 7) is 2.44. The minimum atomic E-state index is -1.36. The normalized spacial score (nSPS) is 20.1. The molecule has 1 unspecified atom stereocenters. The van der Waals surface area contributed by atoms with E-state index in [2.05, 4.69) is 5.32 Å². The smallest absolute Gasteiger partial charge is 0.271 e. The van der Waals surface area contributed by atoms with Crippen LogP contribution in [0, 0.1) is 0 Å². The maximum atomic E-state index is 13.7. The van der Waals surface area contributed by atoms with Crippen LogP contribution in [0.3, 0.4) is 0 Å². The van der Waals surface area contributed by atoms with Crippen LogP contribution in [0.1, 0.15) is 43.0 Å². The molecule has 1 N–H and O–H groups in total. The van der Waals surface area contributed by atoms with E-state index in [0.29, 0.717) is 29.2 Å². The molecule has 7 heteroatoms. The fraction of sp³-hybridized carbons (Fsp3) is 0.348. The lowest BCUT2D eigenvalue weighted by Gasteiger charge is -2.49. The molecule has 1 fully saturated rings. The summed E-state index contributed by atoms with van der Waals surface area (Å²) in [5, 5.41) is 2.92. The SMILES string of the molecule is CCCCN1C(=O)c2ccccc2N2C(=O)CCC12C(=O)Nc1ccc(OC)cc1. The molecular formula is C23H25N3O4. The van der Waals surface area contributed by atoms with Crippen LogP contribution in [-0.4, -0.2) is 41.9 Å². The number of carbonyl (C=O) groups excluding carboxylic acids is 3. The first-order valence-electron chi connectivity index (χ1n) is 10.2. The van der Waals surface area contributed by atoms with Gasteiger partial charge in [-0.3, -0.25) is 19.3 Å². The number of amides is 3. The van der Waals surface area contributed by atoms with Crippen LogP contribution in [0.5, 0.6) is 5.75 Å². The third-order valence-corrected chi connectivity index (χ3v) is 5.82. The molecular weight excluding hydrogens is 382 g/mol. The van der Waals surface area contributed by atoms with E-state index in [-0.39, 0.29) is 30.6 Å². The highest BCUT2D eigenvalue weighted by Crippen LogP contribution is 2.45. The average molecular weight is 407 g/mol. The topological polar surface area (TPSA) is 79.0 Å². The van der Waals surface area contributed by atoms with Gasteiger partial charge in [-0.1, -0.05) is 25.5 Å². The lowest BCUT2D eigenvalue weighted by Crippen LogP contribution is -2.69. The minimum Gasteiger partial charge on any atom is -0.497 e. The van der Waals surface area contributed by atoms with Crippen LogP contribution in [0.15, 0.2) is 48.5 Å². The van der Waals surface area contributed by atoms with E-state index >= 15 is 0 Å². The summed E-state index contributed by atoms with van der Waals surface area (Å²) in [5.41, 5.74) is 0.174. The molecule has 30 heavy (non-hydrogen) atoms. The third-order valence-electron chi connectivity index (χ3n) is 5.82. The highest BCUT2D eigenvalue weighted by atomic mass is 16.5. The van der Waals surface area contributed by atoms with Gasteiger partial charge in [0.1, 0.15) is 5.75 Å². The van der Waals surface area contributed by atoms with Crippen LogP contribution in [-0.2, 0) is 9.59 Å². The van der Waals surface area contributed by atoms with Gasteiger partial charge in [-0.15, -0.1) is 0 Å². The van der Waals surface area contributed by atoms with Gasteiger partial charge in [-0.25, -0.2) is 0 Å². The lowest BCUT2D eigenvalue weighted by atomic mass is 9.95. The highest BCUT2D eigenvalue weighted by molar-refractivity contribution is 6.18. The number of para-hydroxylation sites is 1. The zero-order chi connectivity index (χ0) is 21.3. The Morgan fingerprint density at radius 2 is 1.87 bits per heavy atom. The summed E-state index contributed by atoms with van der Waals surface area (Å²) in [4.78, 5) is 43.1. The van der Waals surface area contributed by atoms with Gasteiger partial charge < -0.3 is 15.0 Å². The zero-order valence-corrected chi connectivity index (χ0v) is 17.2. The fourth-order valence-corrected chi connectivity index (χ4v) is 4.31. The monoisotopic (exact) mass is 407 g/mol. The fourth-order valence-electron chi connectivity index (χ4n) is 4.31. The molecule has 7 nitrogen and oxygen atoms in total. The first-order chi connectivity index (χ1) is 14.5. The van der Waals surface area contributed by atoms with Crippen molar-refractivity contribution in [2.45, 2.75) is 38.3 Å². The second kappa shape index (κ2) is 7.82. The Labute approximate surface area is 175 Å². The van der Waals surface area contributed by atoms with Crippen molar-refractivity contribution < 1.29 is 19.1 Å². The Balaban J connectivity index is 1.78. The molecule has 0 aliphatic carbocycles. The van der Waals surface area contributed by atoms with Crippen LogP contribution in [0.2, 0.25) is 0 Å². The molecule has 2 aromatic carbocycles. The summed E-state index contributed by atoms with van der Waals surface area (Å²) in [7, 11) is 1.57. The first kappa shape index (κ1) is 19.9. The minimum absolute atomic E-state index is 0.152. The third kappa shape index (κ3) is 3.01. The Bertz CT molecular complexity index is 988. The number of methoxy groups -OCH3 is 1. The molecule has 2 heterocycles. The molecule has 0 radical (unpaired) electrons. The molecule has 156 valence electrons. The molecule has 4 rings (SSSR count). The predicted molar refractivity (Wildman–Crippen MR) is 113 cm³/mol. The van der Waals surface area contributed by atoms with E-state index in [1.165, 1.54) is 4.90 Å². The standard InChI is InChI=1S/C23H25N3O4/c1-3-4-15-25-21(28)18-7-5-6-8-19(18)26-20(27)13-14-23(25,26)22(29)24-16-9-11-17(30-2)12-10-16/h5-12H,3-4,13-15H2,1-2H3,(H,24,29). The van der Waals surface area contributed by atoms with Gasteiger partial charge in [0.25, 0.3) is 11.8 Å². The summed E-state index contributed by atoms with van der Waals surface area (Å²) < 4.78 is 5.17. The number of carbonyl (C=O) groups is 3. The number of rotatable bonds is 6. The van der Waals surface area contributed by atoms with Crippen LogP contribution in [0.25, 0.3) is 0 Å². The number of anilines is 2. The number of fused-ring (bicyclic) bond motifs is 3. The molecule has 0 spiro atoms. The van der Waals surface area contributed by atoms with Crippen LogP contribution in [0.4, 0.5) is 11.4 Å². The number of nitrogens with one attached hydrogen (secondary N) is 1. The van der Waals surface area contributed by atoms with E-state index in [0.717, 1.165) is 12.8 Å². The Hall–Kier alpha value is -3.35. The van der Waals surface area contributed by atoms with E-state index in [9.17, 15) is 14.4 Å². The summed E-state index contributed by atoms with van der Waals surface area (Å²) in [5.74, 6) is -0.0659. The molecule has 1 atom stereocenters. The predicted octanol–water partition coefficient (Wildman–Crippen LogP) is 3.41. The molecule has 0 aromatic heterocycles. The molecule has 2 aliphatic heterocycles. The lowest BCUT2D eigenvalue weighted by molar-refractivity contribution is -0.129. The van der Waals surface area contributed by atoms with Gasteiger partial charge in [0, 0.05) is 25.1 Å². The van der Waals surface area contributed by atoms with Gasteiger partial charge in [0.15, 0.2) is 0 Å². The van der Waals surface area contributed by atoms with Gasteiger partial charge >= 0.3 is 0 Å².